The first-order valence-electron chi connectivity index (χ1n) is 8.81. The van der Waals surface area contributed by atoms with Crippen molar-refractivity contribution < 1.29 is 0 Å². The molecule has 0 atom stereocenters. The number of nitriles is 1. The van der Waals surface area contributed by atoms with E-state index in [-0.39, 0.29) is 0 Å². The molecule has 0 saturated heterocycles. The maximum absolute atomic E-state index is 9.12. The number of nitrogens with one attached hydrogen (secondary N) is 1. The van der Waals surface area contributed by atoms with Gasteiger partial charge in [0, 0.05) is 46.3 Å². The monoisotopic (exact) mass is 388 g/mol. The van der Waals surface area contributed by atoms with Crippen LogP contribution in [0.3, 0.4) is 0 Å². The van der Waals surface area contributed by atoms with Crippen LogP contribution in [0.1, 0.15) is 25.5 Å². The highest BCUT2D eigenvalue weighted by atomic mass is 35.5. The van der Waals surface area contributed by atoms with Crippen LogP contribution in [0.15, 0.2) is 55.1 Å². The van der Waals surface area contributed by atoms with Gasteiger partial charge in [-0.15, -0.1) is 0 Å². The molecule has 1 aromatic carbocycles. The lowest BCUT2D eigenvalue weighted by Gasteiger charge is -2.08. The number of fused-ring (bicyclic) bond motifs is 1. The predicted octanol–water partition coefficient (Wildman–Crippen LogP) is 5.34. The third-order valence-corrected chi connectivity index (χ3v) is 4.63. The van der Waals surface area contributed by atoms with Gasteiger partial charge in [-0.2, -0.15) is 5.26 Å². The zero-order chi connectivity index (χ0) is 19.7. The lowest BCUT2D eigenvalue weighted by atomic mass is 10.1. The van der Waals surface area contributed by atoms with E-state index < -0.39 is 0 Å². The molecule has 0 fully saturated rings. The van der Waals surface area contributed by atoms with Crippen molar-refractivity contribution in [3.05, 3.63) is 65.7 Å². The van der Waals surface area contributed by atoms with Gasteiger partial charge in [0.1, 0.15) is 0 Å². The van der Waals surface area contributed by atoms with E-state index in [0.717, 1.165) is 22.2 Å². The zero-order valence-corrected chi connectivity index (χ0v) is 16.1. The van der Waals surface area contributed by atoms with Crippen LogP contribution in [-0.4, -0.2) is 19.5 Å². The molecule has 3 heterocycles. The van der Waals surface area contributed by atoms with Crippen molar-refractivity contribution in [2.75, 3.05) is 5.32 Å². The molecular formula is C21H17ClN6. The van der Waals surface area contributed by atoms with E-state index in [9.17, 15) is 0 Å². The highest BCUT2D eigenvalue weighted by Gasteiger charge is 2.14. The molecule has 0 bridgehead atoms. The molecule has 7 heteroatoms. The first-order valence-corrected chi connectivity index (χ1v) is 9.18. The summed E-state index contributed by atoms with van der Waals surface area (Å²) in [5.41, 5.74) is 4.01. The summed E-state index contributed by atoms with van der Waals surface area (Å²) in [6.45, 7) is 4.27. The fourth-order valence-corrected chi connectivity index (χ4v) is 3.39. The van der Waals surface area contributed by atoms with E-state index in [1.165, 1.54) is 0 Å². The maximum Gasteiger partial charge on any atom is 0.227 e. The van der Waals surface area contributed by atoms with Gasteiger partial charge in [-0.1, -0.05) is 11.6 Å². The third-order valence-electron chi connectivity index (χ3n) is 4.41. The smallest absolute Gasteiger partial charge is 0.227 e. The number of halogens is 1. The molecule has 138 valence electrons. The summed E-state index contributed by atoms with van der Waals surface area (Å²) in [7, 11) is 0. The summed E-state index contributed by atoms with van der Waals surface area (Å²) in [5.74, 6) is 0.433. The highest BCUT2D eigenvalue weighted by molar-refractivity contribution is 6.31. The number of benzene rings is 1. The molecule has 4 aromatic rings. The standard InChI is InChI=1S/C21H17ClN6/c1-13(2)28-12-18(17-3-5-24-11-20(17)28)19-4-6-25-21(27-19)26-16-8-14(10-23)7-15(22)9-16/h3-9,11-13H,1-2H3,(H,25,26,27). The van der Waals surface area contributed by atoms with Crippen LogP contribution in [-0.2, 0) is 0 Å². The maximum atomic E-state index is 9.12. The molecule has 0 unspecified atom stereocenters. The van der Waals surface area contributed by atoms with Crippen molar-refractivity contribution in [1.29, 1.82) is 5.26 Å². The number of rotatable bonds is 4. The molecule has 0 radical (unpaired) electrons. The fraction of sp³-hybridized carbons (Fsp3) is 0.143. The fourth-order valence-electron chi connectivity index (χ4n) is 3.15. The van der Waals surface area contributed by atoms with Gasteiger partial charge in [-0.05, 0) is 44.2 Å². The largest absolute Gasteiger partial charge is 0.343 e. The molecule has 0 aliphatic heterocycles. The Morgan fingerprint density at radius 3 is 2.82 bits per heavy atom. The van der Waals surface area contributed by atoms with E-state index >= 15 is 0 Å². The highest BCUT2D eigenvalue weighted by Crippen LogP contribution is 2.31. The summed E-state index contributed by atoms with van der Waals surface area (Å²) in [6.07, 6.45) is 7.46. The van der Waals surface area contributed by atoms with Gasteiger partial charge in [0.25, 0.3) is 0 Å². The summed E-state index contributed by atoms with van der Waals surface area (Å²) >= 11 is 6.08. The molecule has 28 heavy (non-hydrogen) atoms. The first-order chi connectivity index (χ1) is 13.5. The van der Waals surface area contributed by atoms with Gasteiger partial charge in [0.2, 0.25) is 5.95 Å². The number of aromatic nitrogens is 4. The van der Waals surface area contributed by atoms with Gasteiger partial charge >= 0.3 is 0 Å². The number of hydrogen-bond acceptors (Lipinski definition) is 5. The second-order valence-electron chi connectivity index (χ2n) is 6.67. The molecule has 4 rings (SSSR count). The third kappa shape index (κ3) is 3.40. The number of pyridine rings is 1. The molecule has 0 spiro atoms. The second-order valence-corrected chi connectivity index (χ2v) is 7.10. The van der Waals surface area contributed by atoms with Crippen molar-refractivity contribution in [3.63, 3.8) is 0 Å². The molecule has 0 aliphatic rings. The van der Waals surface area contributed by atoms with E-state index in [1.54, 1.807) is 30.6 Å². The van der Waals surface area contributed by atoms with Crippen LogP contribution in [0.25, 0.3) is 22.2 Å². The first kappa shape index (κ1) is 18.0. The molecule has 6 nitrogen and oxygen atoms in total. The Balaban J connectivity index is 1.75. The topological polar surface area (TPSA) is 79.4 Å². The van der Waals surface area contributed by atoms with E-state index in [2.05, 4.69) is 50.9 Å². The van der Waals surface area contributed by atoms with Crippen molar-refractivity contribution in [1.82, 2.24) is 19.5 Å². The van der Waals surface area contributed by atoms with Crippen molar-refractivity contribution in [2.24, 2.45) is 0 Å². The SMILES string of the molecule is CC(C)n1cc(-c2ccnc(Nc3cc(Cl)cc(C#N)c3)n2)c2ccncc21. The van der Waals surface area contributed by atoms with Crippen LogP contribution in [0.2, 0.25) is 5.02 Å². The van der Waals surface area contributed by atoms with Crippen LogP contribution in [0.4, 0.5) is 11.6 Å². The Morgan fingerprint density at radius 1 is 1.18 bits per heavy atom. The number of hydrogen-bond donors (Lipinski definition) is 1. The van der Waals surface area contributed by atoms with Crippen molar-refractivity contribution in [2.45, 2.75) is 19.9 Å². The van der Waals surface area contributed by atoms with Crippen LogP contribution in [0.5, 0.6) is 0 Å². The average Bonchev–Trinajstić information content (AvgIpc) is 3.08. The Bertz CT molecular complexity index is 1210. The molecular weight excluding hydrogens is 372 g/mol. The lowest BCUT2D eigenvalue weighted by molar-refractivity contribution is 0.622. The normalized spacial score (nSPS) is 11.0. The average molecular weight is 389 g/mol. The van der Waals surface area contributed by atoms with Crippen LogP contribution >= 0.6 is 11.6 Å². The summed E-state index contributed by atoms with van der Waals surface area (Å²) in [4.78, 5) is 13.2. The van der Waals surface area contributed by atoms with Gasteiger partial charge in [0.15, 0.2) is 0 Å². The lowest BCUT2D eigenvalue weighted by Crippen LogP contribution is -1.99. The molecule has 3 aromatic heterocycles. The van der Waals surface area contributed by atoms with Crippen LogP contribution in [0, 0.1) is 11.3 Å². The summed E-state index contributed by atoms with van der Waals surface area (Å²) in [6, 6.07) is 11.3. The summed E-state index contributed by atoms with van der Waals surface area (Å²) in [5, 5.41) is 13.8. The van der Waals surface area contributed by atoms with Gasteiger partial charge < -0.3 is 9.88 Å². The Labute approximate surface area is 167 Å². The molecule has 0 amide bonds. The molecule has 0 saturated carbocycles. The number of anilines is 2. The number of nitrogens with zero attached hydrogens (tertiary/aromatic N) is 5. The Hall–Kier alpha value is -3.43. The van der Waals surface area contributed by atoms with Gasteiger partial charge in [0.05, 0.1) is 29.0 Å². The summed E-state index contributed by atoms with van der Waals surface area (Å²) < 4.78 is 2.18. The van der Waals surface area contributed by atoms with E-state index in [0.29, 0.717) is 28.3 Å². The van der Waals surface area contributed by atoms with Crippen molar-refractivity contribution in [3.8, 4) is 17.3 Å². The van der Waals surface area contributed by atoms with Crippen LogP contribution < -0.4 is 5.32 Å². The molecule has 0 aliphatic carbocycles. The van der Waals surface area contributed by atoms with Gasteiger partial charge in [-0.25, -0.2) is 9.97 Å². The molecule has 1 N–H and O–H groups in total. The Kier molecular flexibility index (Phi) is 4.68. The quantitative estimate of drug-likeness (QED) is 0.510. The zero-order valence-electron chi connectivity index (χ0n) is 15.4. The van der Waals surface area contributed by atoms with Crippen molar-refractivity contribution >= 4 is 34.1 Å². The Morgan fingerprint density at radius 2 is 2.04 bits per heavy atom. The minimum Gasteiger partial charge on any atom is -0.343 e. The minimum absolute atomic E-state index is 0.302. The second kappa shape index (κ2) is 7.29. The van der Waals surface area contributed by atoms with Gasteiger partial charge in [-0.3, -0.25) is 4.98 Å². The van der Waals surface area contributed by atoms with E-state index in [4.69, 9.17) is 16.9 Å². The predicted molar refractivity (Wildman–Crippen MR) is 111 cm³/mol. The van der Waals surface area contributed by atoms with E-state index in [1.807, 2.05) is 18.3 Å². The minimum atomic E-state index is 0.302.